The van der Waals surface area contributed by atoms with Gasteiger partial charge < -0.3 is 9.15 Å². The summed E-state index contributed by atoms with van der Waals surface area (Å²) >= 11 is 0. The minimum absolute atomic E-state index is 0.235. The second-order valence-corrected chi connectivity index (χ2v) is 7.51. The summed E-state index contributed by atoms with van der Waals surface area (Å²) in [4.78, 5) is 0. The van der Waals surface area contributed by atoms with Crippen LogP contribution in [0, 0.1) is 0 Å². The van der Waals surface area contributed by atoms with Gasteiger partial charge in [0.25, 0.3) is 0 Å². The number of para-hydroxylation sites is 1. The lowest BCUT2D eigenvalue weighted by Crippen LogP contribution is -1.99. The summed E-state index contributed by atoms with van der Waals surface area (Å²) in [6, 6.07) is 30.8. The summed E-state index contributed by atoms with van der Waals surface area (Å²) in [6.07, 6.45) is 0. The van der Waals surface area contributed by atoms with Crippen molar-refractivity contribution >= 4 is 21.7 Å². The quantitative estimate of drug-likeness (QED) is 0.371. The molecule has 6 nitrogen and oxygen atoms in total. The monoisotopic (exact) mass is 418 g/mol. The van der Waals surface area contributed by atoms with Gasteiger partial charge >= 0.3 is 0 Å². The smallest absolute Gasteiger partial charge is 0.211 e. The molecule has 0 spiro atoms. The van der Waals surface area contributed by atoms with Crippen molar-refractivity contribution in [1.82, 2.24) is 20.6 Å². The Balaban J connectivity index is 1.47. The predicted molar refractivity (Wildman–Crippen MR) is 123 cm³/mol. The van der Waals surface area contributed by atoms with Gasteiger partial charge in [0.1, 0.15) is 17.1 Å². The molecule has 0 unspecified atom stereocenters. The number of aromatic nitrogens is 4. The third kappa shape index (κ3) is 3.28. The first-order valence-electron chi connectivity index (χ1n) is 10.3. The van der Waals surface area contributed by atoms with Gasteiger partial charge in [0, 0.05) is 16.5 Å². The molecule has 6 rings (SSSR count). The number of rotatable bonds is 5. The number of benzene rings is 4. The molecule has 0 aliphatic heterocycles. The molecule has 2 aromatic heterocycles. The standard InChI is InChI=1S/C26H18N4O2/c1-2-6-17(7-3-1)26-21-12-10-20(24-15-19-8-4-5-9-22(19)32-24)14-18(21)11-13-23(26)31-16-25-27-29-30-28-25/h1-15H,16H2,(H,27,28,29,30). The molecule has 0 saturated carbocycles. The number of hydrogen-bond acceptors (Lipinski definition) is 5. The number of fused-ring (bicyclic) bond motifs is 2. The van der Waals surface area contributed by atoms with E-state index >= 15 is 0 Å². The SMILES string of the molecule is c1ccc(-c2c(OCc3nn[nH]n3)ccc3cc(-c4cc5ccccc5o4)ccc23)cc1. The molecule has 0 saturated heterocycles. The Morgan fingerprint density at radius 1 is 0.781 bits per heavy atom. The van der Waals surface area contributed by atoms with Crippen molar-refractivity contribution in [3.8, 4) is 28.2 Å². The third-order valence-electron chi connectivity index (χ3n) is 5.50. The van der Waals surface area contributed by atoms with E-state index in [1.54, 1.807) is 0 Å². The van der Waals surface area contributed by atoms with Crippen LogP contribution in [-0.4, -0.2) is 20.6 Å². The van der Waals surface area contributed by atoms with Crippen LogP contribution in [0.3, 0.4) is 0 Å². The van der Waals surface area contributed by atoms with E-state index in [0.29, 0.717) is 5.82 Å². The Labute approximate surface area is 183 Å². The fourth-order valence-electron chi connectivity index (χ4n) is 4.00. The van der Waals surface area contributed by atoms with Crippen LogP contribution in [0.1, 0.15) is 5.82 Å². The molecule has 0 fully saturated rings. The number of aromatic amines is 1. The molecule has 0 bridgehead atoms. The van der Waals surface area contributed by atoms with Gasteiger partial charge in [-0.2, -0.15) is 5.21 Å². The van der Waals surface area contributed by atoms with E-state index in [4.69, 9.17) is 9.15 Å². The fraction of sp³-hybridized carbons (Fsp3) is 0.0385. The number of furan rings is 1. The van der Waals surface area contributed by atoms with E-state index in [1.165, 1.54) is 0 Å². The van der Waals surface area contributed by atoms with Crippen LogP contribution in [0.25, 0.3) is 44.2 Å². The molecule has 2 heterocycles. The third-order valence-corrected chi connectivity index (χ3v) is 5.50. The highest BCUT2D eigenvalue weighted by Gasteiger charge is 2.14. The van der Waals surface area contributed by atoms with Gasteiger partial charge in [0.15, 0.2) is 6.61 Å². The van der Waals surface area contributed by atoms with Crippen LogP contribution in [-0.2, 0) is 6.61 Å². The minimum Gasteiger partial charge on any atom is -0.485 e. The van der Waals surface area contributed by atoms with E-state index < -0.39 is 0 Å². The Bertz CT molecular complexity index is 1490. The normalized spacial score (nSPS) is 11.2. The van der Waals surface area contributed by atoms with Crippen LogP contribution in [0.4, 0.5) is 0 Å². The average molecular weight is 418 g/mol. The Morgan fingerprint density at radius 2 is 1.66 bits per heavy atom. The molecule has 1 N–H and O–H groups in total. The number of nitrogens with one attached hydrogen (secondary N) is 1. The second kappa shape index (κ2) is 7.67. The molecule has 0 aliphatic rings. The largest absolute Gasteiger partial charge is 0.485 e. The summed E-state index contributed by atoms with van der Waals surface area (Å²) < 4.78 is 12.2. The molecule has 6 heteroatoms. The first-order chi connectivity index (χ1) is 15.8. The maximum atomic E-state index is 6.10. The summed E-state index contributed by atoms with van der Waals surface area (Å²) in [7, 11) is 0. The Kier molecular flexibility index (Phi) is 4.39. The highest BCUT2D eigenvalue weighted by molar-refractivity contribution is 6.01. The van der Waals surface area contributed by atoms with Crippen molar-refractivity contribution in [2.24, 2.45) is 0 Å². The van der Waals surface area contributed by atoms with Gasteiger partial charge in [-0.25, -0.2) is 0 Å². The van der Waals surface area contributed by atoms with E-state index in [9.17, 15) is 0 Å². The van der Waals surface area contributed by atoms with E-state index in [2.05, 4.69) is 69.2 Å². The lowest BCUT2D eigenvalue weighted by molar-refractivity contribution is 0.297. The van der Waals surface area contributed by atoms with Crippen molar-refractivity contribution in [2.45, 2.75) is 6.61 Å². The van der Waals surface area contributed by atoms with Crippen molar-refractivity contribution < 1.29 is 9.15 Å². The zero-order chi connectivity index (χ0) is 21.3. The van der Waals surface area contributed by atoms with Crippen LogP contribution in [0.15, 0.2) is 95.4 Å². The lowest BCUT2D eigenvalue weighted by Gasteiger charge is -2.14. The highest BCUT2D eigenvalue weighted by atomic mass is 16.5. The average Bonchev–Trinajstić information content (AvgIpc) is 3.52. The van der Waals surface area contributed by atoms with Gasteiger partial charge in [-0.3, -0.25) is 0 Å². The van der Waals surface area contributed by atoms with Gasteiger partial charge in [-0.1, -0.05) is 71.9 Å². The zero-order valence-electron chi connectivity index (χ0n) is 17.0. The second-order valence-electron chi connectivity index (χ2n) is 7.51. The molecule has 0 aliphatic carbocycles. The molecule has 0 atom stereocenters. The molecule has 0 radical (unpaired) electrons. The molecular formula is C26H18N4O2. The van der Waals surface area contributed by atoms with Crippen molar-refractivity contribution in [2.75, 3.05) is 0 Å². The van der Waals surface area contributed by atoms with E-state index in [0.717, 1.165) is 49.9 Å². The van der Waals surface area contributed by atoms with Gasteiger partial charge in [-0.15, -0.1) is 10.2 Å². The molecule has 154 valence electrons. The maximum Gasteiger partial charge on any atom is 0.211 e. The van der Waals surface area contributed by atoms with E-state index in [1.807, 2.05) is 42.5 Å². The first kappa shape index (κ1) is 18.3. The fourth-order valence-corrected chi connectivity index (χ4v) is 4.00. The van der Waals surface area contributed by atoms with Crippen molar-refractivity contribution in [3.63, 3.8) is 0 Å². The molecule has 32 heavy (non-hydrogen) atoms. The minimum atomic E-state index is 0.235. The summed E-state index contributed by atoms with van der Waals surface area (Å²) in [5.74, 6) is 2.13. The lowest BCUT2D eigenvalue weighted by atomic mass is 9.95. The summed E-state index contributed by atoms with van der Waals surface area (Å²) in [5, 5.41) is 17.3. The topological polar surface area (TPSA) is 76.8 Å². The van der Waals surface area contributed by atoms with Crippen LogP contribution >= 0.6 is 0 Å². The first-order valence-corrected chi connectivity index (χ1v) is 10.3. The van der Waals surface area contributed by atoms with Crippen molar-refractivity contribution in [3.05, 3.63) is 96.8 Å². The number of tetrazole rings is 1. The van der Waals surface area contributed by atoms with Gasteiger partial charge in [0.2, 0.25) is 5.82 Å². The summed E-state index contributed by atoms with van der Waals surface area (Å²) in [6.45, 7) is 0.235. The van der Waals surface area contributed by atoms with Crippen molar-refractivity contribution in [1.29, 1.82) is 0 Å². The number of ether oxygens (including phenoxy) is 1. The zero-order valence-corrected chi connectivity index (χ0v) is 17.0. The number of hydrogen-bond donors (Lipinski definition) is 1. The molecule has 6 aromatic rings. The van der Waals surface area contributed by atoms with Gasteiger partial charge in [0.05, 0.1) is 0 Å². The molecular weight excluding hydrogens is 400 g/mol. The predicted octanol–water partition coefficient (Wildman–Crippen LogP) is 6.01. The van der Waals surface area contributed by atoms with Crippen LogP contribution in [0.2, 0.25) is 0 Å². The highest BCUT2D eigenvalue weighted by Crippen LogP contribution is 2.39. The van der Waals surface area contributed by atoms with Crippen LogP contribution in [0.5, 0.6) is 5.75 Å². The Hall–Kier alpha value is -4.45. The molecule has 0 amide bonds. The Morgan fingerprint density at radius 3 is 2.50 bits per heavy atom. The van der Waals surface area contributed by atoms with Gasteiger partial charge in [-0.05, 0) is 40.6 Å². The van der Waals surface area contributed by atoms with Crippen LogP contribution < -0.4 is 4.74 Å². The number of H-pyrrole nitrogens is 1. The number of nitrogens with zero attached hydrogens (tertiary/aromatic N) is 3. The molecule has 4 aromatic carbocycles. The summed E-state index contributed by atoms with van der Waals surface area (Å²) in [5.41, 5.74) is 4.03. The maximum absolute atomic E-state index is 6.10. The van der Waals surface area contributed by atoms with E-state index in [-0.39, 0.29) is 6.61 Å².